The number of nitrogens with one attached hydrogen (secondary N) is 1. The molecular weight excluding hydrogens is 460 g/mol. The van der Waals surface area contributed by atoms with E-state index in [0.717, 1.165) is 53.8 Å². The molecule has 2 heterocycles. The number of nitrogens with zero attached hydrogens (tertiary/aromatic N) is 3. The number of aromatic nitrogens is 2. The molecule has 2 aliphatic rings. The summed E-state index contributed by atoms with van der Waals surface area (Å²) in [6.07, 6.45) is 5.45. The summed E-state index contributed by atoms with van der Waals surface area (Å²) >= 11 is 0. The Morgan fingerprint density at radius 2 is 1.73 bits per heavy atom. The van der Waals surface area contributed by atoms with Crippen LogP contribution in [-0.2, 0) is 11.3 Å². The molecule has 1 N–H and O–H groups in total. The van der Waals surface area contributed by atoms with Crippen molar-refractivity contribution in [3.8, 4) is 11.3 Å². The lowest BCUT2D eigenvalue weighted by molar-refractivity contribution is -0.127. The number of carbonyl (C=O) groups is 2. The SMILES string of the molecule is Cc1ccc(C)c(N2C(=O)c3cc(-c4ccc(C(C)C)cc4)nn3CC2(C)C(=O)NC2CCCCC2)c1. The molecule has 1 atom stereocenters. The van der Waals surface area contributed by atoms with Crippen molar-refractivity contribution >= 4 is 17.5 Å². The highest BCUT2D eigenvalue weighted by Gasteiger charge is 2.49. The monoisotopic (exact) mass is 498 g/mol. The van der Waals surface area contributed by atoms with Gasteiger partial charge in [0, 0.05) is 17.3 Å². The van der Waals surface area contributed by atoms with Gasteiger partial charge in [0.25, 0.3) is 5.91 Å². The lowest BCUT2D eigenvalue weighted by Crippen LogP contribution is -2.65. The molecule has 0 bridgehead atoms. The van der Waals surface area contributed by atoms with E-state index in [1.54, 1.807) is 9.58 Å². The lowest BCUT2D eigenvalue weighted by atomic mass is 9.90. The number of hydrogen-bond donors (Lipinski definition) is 1. The van der Waals surface area contributed by atoms with Crippen LogP contribution in [0.1, 0.15) is 86.0 Å². The molecule has 1 saturated carbocycles. The third-order valence-electron chi connectivity index (χ3n) is 8.06. The fourth-order valence-corrected chi connectivity index (χ4v) is 5.69. The Kier molecular flexibility index (Phi) is 6.69. The van der Waals surface area contributed by atoms with Crippen LogP contribution in [0, 0.1) is 13.8 Å². The van der Waals surface area contributed by atoms with E-state index in [0.29, 0.717) is 18.2 Å². The average molecular weight is 499 g/mol. The molecule has 6 heteroatoms. The van der Waals surface area contributed by atoms with Gasteiger partial charge in [-0.25, -0.2) is 0 Å². The number of anilines is 1. The van der Waals surface area contributed by atoms with Crippen LogP contribution in [0.4, 0.5) is 5.69 Å². The van der Waals surface area contributed by atoms with Crippen molar-refractivity contribution in [3.63, 3.8) is 0 Å². The van der Waals surface area contributed by atoms with Gasteiger partial charge < -0.3 is 5.32 Å². The van der Waals surface area contributed by atoms with Crippen molar-refractivity contribution in [2.24, 2.45) is 0 Å². The zero-order valence-electron chi connectivity index (χ0n) is 22.7. The minimum absolute atomic E-state index is 0.113. The van der Waals surface area contributed by atoms with Crippen LogP contribution in [0.25, 0.3) is 11.3 Å². The van der Waals surface area contributed by atoms with Gasteiger partial charge in [-0.05, 0) is 68.4 Å². The fourth-order valence-electron chi connectivity index (χ4n) is 5.69. The molecule has 2 amide bonds. The first-order valence-corrected chi connectivity index (χ1v) is 13.6. The maximum atomic E-state index is 14.2. The summed E-state index contributed by atoms with van der Waals surface area (Å²) in [5.74, 6) is 0.136. The van der Waals surface area contributed by atoms with Crippen LogP contribution in [-0.4, -0.2) is 33.2 Å². The first-order valence-electron chi connectivity index (χ1n) is 13.6. The summed E-state index contributed by atoms with van der Waals surface area (Å²) in [4.78, 5) is 29.8. The van der Waals surface area contributed by atoms with Crippen molar-refractivity contribution in [3.05, 3.63) is 70.9 Å². The van der Waals surface area contributed by atoms with Crippen molar-refractivity contribution in [2.45, 2.75) is 90.8 Å². The van der Waals surface area contributed by atoms with Gasteiger partial charge in [-0.2, -0.15) is 5.10 Å². The predicted molar refractivity (Wildman–Crippen MR) is 148 cm³/mol. The van der Waals surface area contributed by atoms with Crippen LogP contribution < -0.4 is 10.2 Å². The molecule has 1 fully saturated rings. The predicted octanol–water partition coefficient (Wildman–Crippen LogP) is 6.16. The quantitative estimate of drug-likeness (QED) is 0.458. The molecule has 1 aliphatic heterocycles. The number of benzene rings is 2. The summed E-state index contributed by atoms with van der Waals surface area (Å²) in [6.45, 7) is 10.5. The van der Waals surface area contributed by atoms with E-state index in [-0.39, 0.29) is 17.9 Å². The minimum atomic E-state index is -1.11. The van der Waals surface area contributed by atoms with Gasteiger partial charge in [0.15, 0.2) is 0 Å². The second-order valence-electron chi connectivity index (χ2n) is 11.4. The van der Waals surface area contributed by atoms with E-state index in [1.165, 1.54) is 12.0 Å². The molecule has 194 valence electrons. The minimum Gasteiger partial charge on any atom is -0.351 e. The third kappa shape index (κ3) is 4.70. The Bertz CT molecular complexity index is 1320. The molecule has 37 heavy (non-hydrogen) atoms. The maximum absolute atomic E-state index is 14.2. The summed E-state index contributed by atoms with van der Waals surface area (Å²) in [5, 5.41) is 8.12. The maximum Gasteiger partial charge on any atom is 0.277 e. The first kappa shape index (κ1) is 25.2. The third-order valence-corrected chi connectivity index (χ3v) is 8.06. The molecule has 0 saturated heterocycles. The Balaban J connectivity index is 1.56. The molecule has 5 rings (SSSR count). The Hall–Kier alpha value is -3.41. The van der Waals surface area contributed by atoms with E-state index in [9.17, 15) is 9.59 Å². The summed E-state index contributed by atoms with van der Waals surface area (Å²) in [6, 6.07) is 16.4. The van der Waals surface area contributed by atoms with Crippen LogP contribution in [0.3, 0.4) is 0 Å². The number of aryl methyl sites for hydroxylation is 2. The summed E-state index contributed by atoms with van der Waals surface area (Å²) in [5.41, 5.74) is 5.17. The van der Waals surface area contributed by atoms with E-state index in [4.69, 9.17) is 5.10 Å². The van der Waals surface area contributed by atoms with Gasteiger partial charge in [0.1, 0.15) is 11.2 Å². The second-order valence-corrected chi connectivity index (χ2v) is 11.4. The smallest absolute Gasteiger partial charge is 0.277 e. The zero-order valence-corrected chi connectivity index (χ0v) is 22.7. The van der Waals surface area contributed by atoms with E-state index in [1.807, 2.05) is 45.0 Å². The normalized spacial score (nSPS) is 20.3. The van der Waals surface area contributed by atoms with Crippen LogP contribution >= 0.6 is 0 Å². The van der Waals surface area contributed by atoms with Gasteiger partial charge in [-0.3, -0.25) is 19.2 Å². The van der Waals surface area contributed by atoms with Crippen molar-refractivity contribution < 1.29 is 9.59 Å². The van der Waals surface area contributed by atoms with Crippen LogP contribution in [0.5, 0.6) is 0 Å². The molecule has 2 aromatic carbocycles. The standard InChI is InChI=1S/C31H38N4O2/c1-20(2)23-13-15-24(16-14-23)26-18-28-29(36)35(27-17-21(3)11-12-22(27)4)31(5,19-34(28)33-26)30(37)32-25-9-7-6-8-10-25/h11-18,20,25H,6-10,19H2,1-5H3,(H,32,37). The highest BCUT2D eigenvalue weighted by atomic mass is 16.2. The van der Waals surface area contributed by atoms with Crippen molar-refractivity contribution in [1.29, 1.82) is 0 Å². The fraction of sp³-hybridized carbons (Fsp3) is 0.452. The number of carbonyl (C=O) groups excluding carboxylic acids is 2. The number of fused-ring (bicyclic) bond motifs is 1. The topological polar surface area (TPSA) is 67.2 Å². The Morgan fingerprint density at radius 1 is 1.03 bits per heavy atom. The Morgan fingerprint density at radius 3 is 2.41 bits per heavy atom. The molecule has 6 nitrogen and oxygen atoms in total. The van der Waals surface area contributed by atoms with Gasteiger partial charge >= 0.3 is 0 Å². The van der Waals surface area contributed by atoms with Gasteiger partial charge in [-0.15, -0.1) is 0 Å². The van der Waals surface area contributed by atoms with Crippen LogP contribution in [0.15, 0.2) is 48.5 Å². The van der Waals surface area contributed by atoms with Gasteiger partial charge in [0.05, 0.1) is 12.2 Å². The van der Waals surface area contributed by atoms with Gasteiger partial charge in [0.2, 0.25) is 5.91 Å². The number of amides is 2. The van der Waals surface area contributed by atoms with Crippen molar-refractivity contribution in [1.82, 2.24) is 15.1 Å². The van der Waals surface area contributed by atoms with E-state index < -0.39 is 5.54 Å². The highest BCUT2D eigenvalue weighted by molar-refractivity contribution is 6.12. The summed E-state index contributed by atoms with van der Waals surface area (Å²) in [7, 11) is 0. The number of rotatable bonds is 5. The second kappa shape index (κ2) is 9.81. The first-order chi connectivity index (χ1) is 17.7. The van der Waals surface area contributed by atoms with Gasteiger partial charge in [-0.1, -0.05) is 69.5 Å². The molecule has 1 unspecified atom stereocenters. The molecule has 3 aromatic rings. The lowest BCUT2D eigenvalue weighted by Gasteiger charge is -2.44. The van der Waals surface area contributed by atoms with E-state index in [2.05, 4.69) is 43.4 Å². The molecule has 0 radical (unpaired) electrons. The Labute approximate surface area is 220 Å². The largest absolute Gasteiger partial charge is 0.351 e. The molecule has 0 spiro atoms. The molecule has 1 aromatic heterocycles. The summed E-state index contributed by atoms with van der Waals surface area (Å²) < 4.78 is 1.73. The average Bonchev–Trinajstić information content (AvgIpc) is 3.31. The molecular formula is C31H38N4O2. The number of hydrogen-bond acceptors (Lipinski definition) is 3. The zero-order chi connectivity index (χ0) is 26.3. The highest BCUT2D eigenvalue weighted by Crippen LogP contribution is 2.36. The van der Waals surface area contributed by atoms with Crippen molar-refractivity contribution in [2.75, 3.05) is 4.90 Å². The van der Waals surface area contributed by atoms with E-state index >= 15 is 0 Å². The van der Waals surface area contributed by atoms with Crippen LogP contribution in [0.2, 0.25) is 0 Å². The molecule has 1 aliphatic carbocycles.